The van der Waals surface area contributed by atoms with E-state index in [1.807, 2.05) is 6.92 Å². The molecule has 1 aliphatic heterocycles. The molecule has 1 saturated heterocycles. The highest BCUT2D eigenvalue weighted by atomic mass is 32.2. The molecule has 82 valence electrons. The molecule has 15 heavy (non-hydrogen) atoms. The van der Waals surface area contributed by atoms with Crippen LogP contribution in [0, 0.1) is 28.1 Å². The number of nitrogens with zero attached hydrogens (tertiary/aromatic N) is 3. The van der Waals surface area contributed by atoms with Gasteiger partial charge in [0.25, 0.3) is 0 Å². The normalized spacial score (nSPS) is 21.5. The molecule has 1 rings (SSSR count). The van der Waals surface area contributed by atoms with E-state index in [0.717, 1.165) is 0 Å². The minimum absolute atomic E-state index is 0.341. The van der Waals surface area contributed by atoms with Gasteiger partial charge in [-0.1, -0.05) is 0 Å². The van der Waals surface area contributed by atoms with E-state index in [-0.39, 0.29) is 0 Å². The Morgan fingerprint density at radius 3 is 2.27 bits per heavy atom. The van der Waals surface area contributed by atoms with Gasteiger partial charge in [0.05, 0.1) is 17.6 Å². The van der Waals surface area contributed by atoms with E-state index in [2.05, 4.69) is 6.07 Å². The average molecular weight is 227 g/mol. The number of piperidine rings is 1. The van der Waals surface area contributed by atoms with Crippen molar-refractivity contribution < 1.29 is 8.42 Å². The quantitative estimate of drug-likeness (QED) is 0.686. The summed E-state index contributed by atoms with van der Waals surface area (Å²) in [7, 11) is -3.43. The van der Waals surface area contributed by atoms with Crippen LogP contribution in [0.4, 0.5) is 0 Å². The van der Waals surface area contributed by atoms with E-state index in [1.54, 1.807) is 6.07 Å². The van der Waals surface area contributed by atoms with E-state index in [4.69, 9.17) is 10.5 Å². The number of sulfonamides is 1. The van der Waals surface area contributed by atoms with Crippen LogP contribution in [0.1, 0.15) is 19.8 Å². The van der Waals surface area contributed by atoms with Crippen LogP contribution in [0.25, 0.3) is 0 Å². The molecule has 0 bridgehead atoms. The highest BCUT2D eigenvalue weighted by Crippen LogP contribution is 2.30. The van der Waals surface area contributed by atoms with Crippen LogP contribution in [0.5, 0.6) is 0 Å². The van der Waals surface area contributed by atoms with Crippen molar-refractivity contribution in [3.05, 3.63) is 0 Å². The van der Waals surface area contributed by atoms with Gasteiger partial charge in [0, 0.05) is 13.1 Å². The van der Waals surface area contributed by atoms with Crippen molar-refractivity contribution in [3.63, 3.8) is 0 Å². The van der Waals surface area contributed by atoms with Gasteiger partial charge in [0.15, 0.2) is 5.75 Å². The first-order valence-electron chi connectivity index (χ1n) is 4.69. The molecule has 0 atom stereocenters. The summed E-state index contributed by atoms with van der Waals surface area (Å²) in [5.74, 6) is -0.476. The van der Waals surface area contributed by atoms with Gasteiger partial charge in [0.1, 0.15) is 0 Å². The standard InChI is InChI=1S/C9H13N3O2S/c1-9(8-11)2-5-12(6-3-9)15(13,14)7-4-10/h2-3,5-7H2,1H3. The van der Waals surface area contributed by atoms with Crippen molar-refractivity contribution in [1.82, 2.24) is 4.31 Å². The first-order valence-corrected chi connectivity index (χ1v) is 6.30. The monoisotopic (exact) mass is 227 g/mol. The summed E-state index contributed by atoms with van der Waals surface area (Å²) in [5.41, 5.74) is -0.418. The molecule has 5 nitrogen and oxygen atoms in total. The summed E-state index contributed by atoms with van der Waals surface area (Å²) in [6.45, 7) is 2.52. The summed E-state index contributed by atoms with van der Waals surface area (Å²) in [6, 6.07) is 3.84. The molecule has 0 N–H and O–H groups in total. The molecular weight excluding hydrogens is 214 g/mol. The zero-order chi connectivity index (χ0) is 11.5. The predicted octanol–water partition coefficient (Wildman–Crippen LogP) is 0.465. The van der Waals surface area contributed by atoms with Gasteiger partial charge in [-0.2, -0.15) is 10.5 Å². The maximum atomic E-state index is 11.5. The highest BCUT2D eigenvalue weighted by Gasteiger charge is 2.34. The lowest BCUT2D eigenvalue weighted by Crippen LogP contribution is -2.42. The molecule has 0 saturated carbocycles. The Balaban J connectivity index is 2.68. The van der Waals surface area contributed by atoms with Crippen LogP contribution < -0.4 is 0 Å². The topological polar surface area (TPSA) is 85.0 Å². The fourth-order valence-electron chi connectivity index (χ4n) is 1.54. The minimum Gasteiger partial charge on any atom is -0.211 e. The van der Waals surface area contributed by atoms with Crippen molar-refractivity contribution in [1.29, 1.82) is 10.5 Å². The van der Waals surface area contributed by atoms with Gasteiger partial charge in [-0.3, -0.25) is 0 Å². The zero-order valence-electron chi connectivity index (χ0n) is 8.60. The first-order chi connectivity index (χ1) is 6.93. The Morgan fingerprint density at radius 2 is 1.87 bits per heavy atom. The minimum atomic E-state index is -3.43. The second kappa shape index (κ2) is 4.18. The summed E-state index contributed by atoms with van der Waals surface area (Å²) in [5, 5.41) is 17.2. The molecule has 0 spiro atoms. The number of hydrogen-bond acceptors (Lipinski definition) is 4. The lowest BCUT2D eigenvalue weighted by molar-refractivity contribution is 0.232. The number of rotatable bonds is 2. The van der Waals surface area contributed by atoms with Crippen LogP contribution in [-0.4, -0.2) is 31.6 Å². The van der Waals surface area contributed by atoms with Crippen LogP contribution in [-0.2, 0) is 10.0 Å². The Kier molecular flexibility index (Phi) is 3.33. The van der Waals surface area contributed by atoms with Crippen molar-refractivity contribution in [2.24, 2.45) is 5.41 Å². The second-order valence-electron chi connectivity index (χ2n) is 3.99. The molecule has 0 aromatic heterocycles. The van der Waals surface area contributed by atoms with Crippen LogP contribution in [0.15, 0.2) is 0 Å². The average Bonchev–Trinajstić information content (AvgIpc) is 2.18. The van der Waals surface area contributed by atoms with Crippen molar-refractivity contribution in [2.75, 3.05) is 18.8 Å². The van der Waals surface area contributed by atoms with Gasteiger partial charge in [-0.15, -0.1) is 0 Å². The van der Waals surface area contributed by atoms with Gasteiger partial charge in [-0.25, -0.2) is 12.7 Å². The third kappa shape index (κ3) is 2.68. The molecule has 0 amide bonds. The van der Waals surface area contributed by atoms with Crippen molar-refractivity contribution >= 4 is 10.0 Å². The molecule has 1 fully saturated rings. The molecule has 1 aliphatic rings. The molecular formula is C9H13N3O2S. The van der Waals surface area contributed by atoms with Gasteiger partial charge >= 0.3 is 0 Å². The SMILES string of the molecule is CC1(C#N)CCN(S(=O)(=O)CC#N)CC1. The molecule has 6 heteroatoms. The van der Waals surface area contributed by atoms with Crippen LogP contribution >= 0.6 is 0 Å². The Hall–Kier alpha value is -1.11. The molecule has 0 aromatic rings. The van der Waals surface area contributed by atoms with E-state index in [9.17, 15) is 8.42 Å². The lowest BCUT2D eigenvalue weighted by atomic mass is 9.83. The van der Waals surface area contributed by atoms with E-state index < -0.39 is 21.2 Å². The molecule has 0 unspecified atom stereocenters. The number of nitriles is 2. The largest absolute Gasteiger partial charge is 0.227 e. The van der Waals surface area contributed by atoms with Gasteiger partial charge in [-0.05, 0) is 19.8 Å². The van der Waals surface area contributed by atoms with Crippen LogP contribution in [0.2, 0.25) is 0 Å². The third-order valence-electron chi connectivity index (χ3n) is 2.74. The Morgan fingerprint density at radius 1 is 1.33 bits per heavy atom. The maximum Gasteiger partial charge on any atom is 0.227 e. The second-order valence-corrected chi connectivity index (χ2v) is 5.95. The van der Waals surface area contributed by atoms with E-state index in [0.29, 0.717) is 25.9 Å². The van der Waals surface area contributed by atoms with Gasteiger partial charge in [0.2, 0.25) is 10.0 Å². The summed E-state index contributed by atoms with van der Waals surface area (Å²) in [6.07, 6.45) is 1.07. The summed E-state index contributed by atoms with van der Waals surface area (Å²) >= 11 is 0. The number of hydrogen-bond donors (Lipinski definition) is 0. The lowest BCUT2D eigenvalue weighted by Gasteiger charge is -2.33. The first kappa shape index (κ1) is 12.0. The Labute approximate surface area is 90.0 Å². The van der Waals surface area contributed by atoms with Crippen LogP contribution in [0.3, 0.4) is 0 Å². The highest BCUT2D eigenvalue weighted by molar-refractivity contribution is 7.89. The zero-order valence-corrected chi connectivity index (χ0v) is 9.42. The fourth-order valence-corrected chi connectivity index (χ4v) is 2.63. The summed E-state index contributed by atoms with van der Waals surface area (Å²) in [4.78, 5) is 0. The third-order valence-corrected chi connectivity index (χ3v) is 4.38. The predicted molar refractivity (Wildman–Crippen MR) is 53.9 cm³/mol. The van der Waals surface area contributed by atoms with Gasteiger partial charge < -0.3 is 0 Å². The molecule has 0 radical (unpaired) electrons. The van der Waals surface area contributed by atoms with Crippen molar-refractivity contribution in [2.45, 2.75) is 19.8 Å². The maximum absolute atomic E-state index is 11.5. The van der Waals surface area contributed by atoms with E-state index >= 15 is 0 Å². The van der Waals surface area contributed by atoms with E-state index in [1.165, 1.54) is 4.31 Å². The van der Waals surface area contributed by atoms with Crippen molar-refractivity contribution in [3.8, 4) is 12.1 Å². The molecule has 0 aromatic carbocycles. The summed E-state index contributed by atoms with van der Waals surface area (Å²) < 4.78 is 24.3. The fraction of sp³-hybridized carbons (Fsp3) is 0.778. The Bertz CT molecular complexity index is 408. The smallest absolute Gasteiger partial charge is 0.211 e. The molecule has 0 aliphatic carbocycles. The molecule has 1 heterocycles.